The topological polar surface area (TPSA) is 75.6 Å². The third kappa shape index (κ3) is 5.59. The summed E-state index contributed by atoms with van der Waals surface area (Å²) < 4.78 is 5.40. The largest absolute Gasteiger partial charge is 0.481 e. The molecule has 3 atom stereocenters. The Morgan fingerprint density at radius 1 is 1.42 bits per heavy atom. The number of rotatable bonds is 5. The molecule has 0 aromatic rings. The zero-order valence-electron chi connectivity index (χ0n) is 12.2. The molecule has 0 aromatic heterocycles. The zero-order chi connectivity index (χ0) is 14.6. The number of carbonyl (C=O) groups excluding carboxylic acids is 1. The van der Waals surface area contributed by atoms with E-state index in [4.69, 9.17) is 9.84 Å². The highest BCUT2D eigenvalue weighted by Gasteiger charge is 2.33. The molecule has 1 heterocycles. The van der Waals surface area contributed by atoms with Gasteiger partial charge in [-0.3, -0.25) is 9.59 Å². The molecular formula is C14H25NO4. The van der Waals surface area contributed by atoms with Gasteiger partial charge in [-0.05, 0) is 24.2 Å². The van der Waals surface area contributed by atoms with E-state index in [1.807, 2.05) is 27.7 Å². The molecular weight excluding hydrogens is 246 g/mol. The van der Waals surface area contributed by atoms with Gasteiger partial charge in [0.2, 0.25) is 5.91 Å². The summed E-state index contributed by atoms with van der Waals surface area (Å²) in [7, 11) is 0. The summed E-state index contributed by atoms with van der Waals surface area (Å²) >= 11 is 0. The first-order valence-corrected chi connectivity index (χ1v) is 6.83. The quantitative estimate of drug-likeness (QED) is 0.799. The monoisotopic (exact) mass is 271 g/mol. The Bertz CT molecular complexity index is 335. The van der Waals surface area contributed by atoms with E-state index >= 15 is 0 Å². The highest BCUT2D eigenvalue weighted by atomic mass is 16.5. The fourth-order valence-corrected chi connectivity index (χ4v) is 2.44. The first-order chi connectivity index (χ1) is 8.69. The van der Waals surface area contributed by atoms with Crippen molar-refractivity contribution in [1.82, 2.24) is 5.32 Å². The van der Waals surface area contributed by atoms with Crippen LogP contribution in [-0.4, -0.2) is 35.7 Å². The van der Waals surface area contributed by atoms with Crippen LogP contribution in [0.25, 0.3) is 0 Å². The van der Waals surface area contributed by atoms with E-state index in [0.717, 1.165) is 6.42 Å². The lowest BCUT2D eigenvalue weighted by molar-refractivity contribution is -0.138. The summed E-state index contributed by atoms with van der Waals surface area (Å²) in [5.74, 6) is -0.879. The van der Waals surface area contributed by atoms with E-state index in [0.29, 0.717) is 13.0 Å². The summed E-state index contributed by atoms with van der Waals surface area (Å²) in [5, 5.41) is 11.8. The molecule has 0 spiro atoms. The molecule has 1 rings (SSSR count). The number of ether oxygens (including phenoxy) is 1. The van der Waals surface area contributed by atoms with Gasteiger partial charge in [0.25, 0.3) is 0 Å². The van der Waals surface area contributed by atoms with Gasteiger partial charge in [-0.1, -0.05) is 27.7 Å². The maximum Gasteiger partial charge on any atom is 0.305 e. The van der Waals surface area contributed by atoms with Gasteiger partial charge in [0.1, 0.15) is 6.10 Å². The molecule has 0 saturated carbocycles. The molecule has 1 saturated heterocycles. The highest BCUT2D eigenvalue weighted by Crippen LogP contribution is 2.24. The lowest BCUT2D eigenvalue weighted by atomic mass is 9.87. The van der Waals surface area contributed by atoms with Crippen LogP contribution < -0.4 is 5.32 Å². The van der Waals surface area contributed by atoms with Gasteiger partial charge in [-0.15, -0.1) is 0 Å². The van der Waals surface area contributed by atoms with Crippen molar-refractivity contribution < 1.29 is 19.4 Å². The predicted octanol–water partition coefficient (Wildman–Crippen LogP) is 1.81. The normalized spacial score (nSPS) is 25.1. The van der Waals surface area contributed by atoms with Crippen molar-refractivity contribution >= 4 is 11.9 Å². The van der Waals surface area contributed by atoms with Crippen molar-refractivity contribution in [3.8, 4) is 0 Å². The van der Waals surface area contributed by atoms with Gasteiger partial charge in [0, 0.05) is 12.6 Å². The number of nitrogens with one attached hydrogen (secondary N) is 1. The highest BCUT2D eigenvalue weighted by molar-refractivity contribution is 5.82. The third-order valence-corrected chi connectivity index (χ3v) is 3.27. The molecule has 3 unspecified atom stereocenters. The van der Waals surface area contributed by atoms with Crippen LogP contribution in [0.5, 0.6) is 0 Å². The maximum absolute atomic E-state index is 12.1. The van der Waals surface area contributed by atoms with Crippen LogP contribution >= 0.6 is 0 Å². The molecule has 0 radical (unpaired) electrons. The lowest BCUT2D eigenvalue weighted by Crippen LogP contribution is -2.45. The van der Waals surface area contributed by atoms with E-state index < -0.39 is 12.1 Å². The molecule has 5 nitrogen and oxygen atoms in total. The van der Waals surface area contributed by atoms with Gasteiger partial charge < -0.3 is 15.2 Å². The van der Waals surface area contributed by atoms with Crippen LogP contribution in [0.15, 0.2) is 0 Å². The number of carbonyl (C=O) groups is 2. The van der Waals surface area contributed by atoms with Crippen LogP contribution in [0.3, 0.4) is 0 Å². The Labute approximate surface area is 114 Å². The second kappa shape index (κ2) is 6.37. The standard InChI is InChI=1S/C14H25NO4/c1-9-5-6-19-12(9)13(18)15-10(7-11(16)17)8-14(2,3)4/h9-10,12H,5-8H2,1-4H3,(H,15,18)(H,16,17). The average molecular weight is 271 g/mol. The Kier molecular flexibility index (Phi) is 5.35. The molecule has 1 amide bonds. The molecule has 2 N–H and O–H groups in total. The Morgan fingerprint density at radius 3 is 2.47 bits per heavy atom. The van der Waals surface area contributed by atoms with E-state index in [2.05, 4.69) is 5.32 Å². The minimum Gasteiger partial charge on any atom is -0.481 e. The van der Waals surface area contributed by atoms with Gasteiger partial charge in [-0.2, -0.15) is 0 Å². The maximum atomic E-state index is 12.1. The average Bonchev–Trinajstić information content (AvgIpc) is 2.60. The van der Waals surface area contributed by atoms with Crippen LogP contribution in [-0.2, 0) is 14.3 Å². The summed E-state index contributed by atoms with van der Waals surface area (Å²) in [6, 6.07) is -0.346. The molecule has 1 fully saturated rings. The summed E-state index contributed by atoms with van der Waals surface area (Å²) in [5.41, 5.74) is -0.0322. The minimum atomic E-state index is -0.894. The van der Waals surface area contributed by atoms with Gasteiger partial charge in [0.05, 0.1) is 6.42 Å². The van der Waals surface area contributed by atoms with E-state index in [-0.39, 0.29) is 29.7 Å². The molecule has 1 aliphatic heterocycles. The van der Waals surface area contributed by atoms with Crippen LogP contribution in [0.2, 0.25) is 0 Å². The van der Waals surface area contributed by atoms with Crippen molar-refractivity contribution in [3.63, 3.8) is 0 Å². The number of aliphatic carboxylic acids is 1. The molecule has 19 heavy (non-hydrogen) atoms. The Balaban J connectivity index is 2.60. The number of hydrogen-bond donors (Lipinski definition) is 2. The lowest BCUT2D eigenvalue weighted by Gasteiger charge is -2.27. The van der Waals surface area contributed by atoms with Crippen LogP contribution in [0.1, 0.15) is 47.0 Å². The summed E-state index contributed by atoms with van der Waals surface area (Å²) in [6.07, 6.45) is 1.02. The van der Waals surface area contributed by atoms with E-state index in [1.165, 1.54) is 0 Å². The second-order valence-corrected chi connectivity index (χ2v) is 6.63. The van der Waals surface area contributed by atoms with Gasteiger partial charge in [-0.25, -0.2) is 0 Å². The number of carboxylic acid groups (broad SMARTS) is 1. The number of amides is 1. The van der Waals surface area contributed by atoms with Gasteiger partial charge >= 0.3 is 5.97 Å². The molecule has 110 valence electrons. The molecule has 0 aliphatic carbocycles. The first-order valence-electron chi connectivity index (χ1n) is 6.83. The molecule has 0 aromatic carbocycles. The smallest absolute Gasteiger partial charge is 0.305 e. The fraction of sp³-hybridized carbons (Fsp3) is 0.857. The number of hydrogen-bond acceptors (Lipinski definition) is 3. The van der Waals surface area contributed by atoms with Crippen LogP contribution in [0, 0.1) is 11.3 Å². The molecule has 1 aliphatic rings. The predicted molar refractivity (Wildman–Crippen MR) is 71.8 cm³/mol. The van der Waals surface area contributed by atoms with Crippen molar-refractivity contribution in [2.75, 3.05) is 6.61 Å². The SMILES string of the molecule is CC1CCOC1C(=O)NC(CC(=O)O)CC(C)(C)C. The molecule has 5 heteroatoms. The first kappa shape index (κ1) is 16.0. The second-order valence-electron chi connectivity index (χ2n) is 6.63. The Morgan fingerprint density at radius 2 is 2.05 bits per heavy atom. The third-order valence-electron chi connectivity index (χ3n) is 3.27. The van der Waals surface area contributed by atoms with Crippen LogP contribution in [0.4, 0.5) is 0 Å². The van der Waals surface area contributed by atoms with E-state index in [9.17, 15) is 9.59 Å². The number of carboxylic acids is 1. The zero-order valence-corrected chi connectivity index (χ0v) is 12.2. The minimum absolute atomic E-state index is 0.0322. The Hall–Kier alpha value is -1.10. The summed E-state index contributed by atoms with van der Waals surface area (Å²) in [4.78, 5) is 23.0. The molecule has 0 bridgehead atoms. The van der Waals surface area contributed by atoms with Crippen molar-refractivity contribution in [2.45, 2.75) is 59.1 Å². The van der Waals surface area contributed by atoms with Gasteiger partial charge in [0.15, 0.2) is 0 Å². The fourth-order valence-electron chi connectivity index (χ4n) is 2.44. The van der Waals surface area contributed by atoms with Crippen molar-refractivity contribution in [3.05, 3.63) is 0 Å². The summed E-state index contributed by atoms with van der Waals surface area (Å²) in [6.45, 7) is 8.67. The van der Waals surface area contributed by atoms with Crippen molar-refractivity contribution in [1.29, 1.82) is 0 Å². The van der Waals surface area contributed by atoms with E-state index in [1.54, 1.807) is 0 Å². The van der Waals surface area contributed by atoms with Crippen molar-refractivity contribution in [2.24, 2.45) is 11.3 Å².